The fraction of sp³-hybridized carbons (Fsp3) is 0.526. The monoisotopic (exact) mass is 328 g/mol. The fourth-order valence-electron chi connectivity index (χ4n) is 4.03. The van der Waals surface area contributed by atoms with Crippen molar-refractivity contribution in [1.82, 2.24) is 4.98 Å². The van der Waals surface area contributed by atoms with Gasteiger partial charge in [0.15, 0.2) is 5.79 Å². The molecule has 24 heavy (non-hydrogen) atoms. The Morgan fingerprint density at radius 3 is 2.79 bits per heavy atom. The quantitative estimate of drug-likeness (QED) is 0.906. The van der Waals surface area contributed by atoms with Crippen LogP contribution < -0.4 is 5.73 Å². The largest absolute Gasteiger partial charge is 0.390 e. The van der Waals surface area contributed by atoms with Crippen molar-refractivity contribution in [1.29, 1.82) is 0 Å². The van der Waals surface area contributed by atoms with Gasteiger partial charge in [0.25, 0.3) is 0 Å². The van der Waals surface area contributed by atoms with Gasteiger partial charge >= 0.3 is 0 Å². The van der Waals surface area contributed by atoms with E-state index in [1.807, 2.05) is 26.0 Å². The van der Waals surface area contributed by atoms with E-state index in [0.29, 0.717) is 11.7 Å². The van der Waals surface area contributed by atoms with Crippen molar-refractivity contribution in [3.63, 3.8) is 0 Å². The Labute approximate surface area is 141 Å². The highest BCUT2D eigenvalue weighted by Gasteiger charge is 2.53. The molecule has 0 unspecified atom stereocenters. The predicted octanol–water partition coefficient (Wildman–Crippen LogP) is 2.65. The van der Waals surface area contributed by atoms with Crippen LogP contribution in [0.4, 0.5) is 5.82 Å². The number of rotatable bonds is 3. The summed E-state index contributed by atoms with van der Waals surface area (Å²) >= 11 is 0. The van der Waals surface area contributed by atoms with Crippen LogP contribution in [0.3, 0.4) is 0 Å². The number of benzene rings is 1. The van der Waals surface area contributed by atoms with E-state index >= 15 is 0 Å². The average Bonchev–Trinajstić information content (AvgIpc) is 2.99. The first-order chi connectivity index (χ1) is 11.4. The highest BCUT2D eigenvalue weighted by Crippen LogP contribution is 2.43. The minimum Gasteiger partial charge on any atom is -0.390 e. The van der Waals surface area contributed by atoms with Crippen molar-refractivity contribution in [3.05, 3.63) is 35.9 Å². The molecule has 5 heteroatoms. The molecule has 2 aliphatic rings. The molecule has 1 aromatic carbocycles. The molecule has 0 amide bonds. The Hall–Kier alpha value is -1.69. The summed E-state index contributed by atoms with van der Waals surface area (Å²) in [5.74, 6) is 0.260. The zero-order chi connectivity index (χ0) is 16.9. The number of nitrogens with zero attached hydrogens (tertiary/aromatic N) is 1. The molecule has 1 aromatic heterocycles. The third-order valence-electron chi connectivity index (χ3n) is 5.13. The Morgan fingerprint density at radius 2 is 1.96 bits per heavy atom. The maximum atomic E-state index is 10.2. The van der Waals surface area contributed by atoms with E-state index in [1.165, 1.54) is 5.56 Å². The lowest BCUT2D eigenvalue weighted by molar-refractivity contribution is -0.166. The average molecular weight is 328 g/mol. The number of anilines is 1. The van der Waals surface area contributed by atoms with Crippen molar-refractivity contribution >= 4 is 16.7 Å². The molecular weight excluding hydrogens is 304 g/mol. The molecule has 5 nitrogen and oxygen atoms in total. The van der Waals surface area contributed by atoms with E-state index in [1.54, 1.807) is 0 Å². The van der Waals surface area contributed by atoms with E-state index in [0.717, 1.165) is 30.2 Å². The van der Waals surface area contributed by atoms with Crippen LogP contribution in [0.5, 0.6) is 0 Å². The van der Waals surface area contributed by atoms with E-state index in [4.69, 9.17) is 15.2 Å². The molecule has 2 heterocycles. The number of aliphatic hydroxyl groups excluding tert-OH is 1. The summed E-state index contributed by atoms with van der Waals surface area (Å²) in [6, 6.07) is 10.1. The van der Waals surface area contributed by atoms with Gasteiger partial charge in [-0.05, 0) is 62.8 Å². The number of aliphatic hydroxyl groups is 1. The molecule has 4 rings (SSSR count). The molecule has 2 aromatic rings. The Balaban J connectivity index is 1.47. The molecule has 128 valence electrons. The number of ether oxygens (including phenoxy) is 2. The van der Waals surface area contributed by atoms with Gasteiger partial charge in [0.2, 0.25) is 0 Å². The zero-order valence-electron chi connectivity index (χ0n) is 14.1. The van der Waals surface area contributed by atoms with Gasteiger partial charge in [0.1, 0.15) is 11.9 Å². The normalized spacial score (nSPS) is 31.5. The van der Waals surface area contributed by atoms with Crippen molar-refractivity contribution in [2.75, 3.05) is 5.73 Å². The number of hydrogen-bond donors (Lipinski definition) is 2. The second-order valence-corrected chi connectivity index (χ2v) is 7.43. The van der Waals surface area contributed by atoms with Crippen LogP contribution in [0.2, 0.25) is 0 Å². The lowest BCUT2D eigenvalue weighted by atomic mass is 9.95. The van der Waals surface area contributed by atoms with Gasteiger partial charge in [0, 0.05) is 5.39 Å². The van der Waals surface area contributed by atoms with Gasteiger partial charge in [-0.3, -0.25) is 0 Å². The topological polar surface area (TPSA) is 77.6 Å². The van der Waals surface area contributed by atoms with Crippen LogP contribution in [0.15, 0.2) is 30.3 Å². The standard InChI is InChI=1S/C19H24N2O3/c1-19(2)23-17-13(10-15(22)18(17)24-19)6-4-11-3-5-12-7-8-16(20)21-14(12)9-11/h3,5,7-9,13,15,17-18,22H,4,6,10H2,1-2H3,(H2,20,21)/t13-,15-,17+,18-/m0/s1. The molecule has 1 aliphatic heterocycles. The first-order valence-electron chi connectivity index (χ1n) is 8.60. The van der Waals surface area contributed by atoms with Crippen molar-refractivity contribution in [3.8, 4) is 0 Å². The van der Waals surface area contributed by atoms with Gasteiger partial charge in [-0.25, -0.2) is 4.98 Å². The van der Waals surface area contributed by atoms with Crippen LogP contribution >= 0.6 is 0 Å². The number of pyridine rings is 1. The van der Waals surface area contributed by atoms with E-state index < -0.39 is 11.9 Å². The second kappa shape index (κ2) is 5.69. The zero-order valence-corrected chi connectivity index (χ0v) is 14.1. The Kier molecular flexibility index (Phi) is 3.75. The lowest BCUT2D eigenvalue weighted by Crippen LogP contribution is -2.28. The van der Waals surface area contributed by atoms with Crippen molar-refractivity contribution in [2.24, 2.45) is 5.92 Å². The van der Waals surface area contributed by atoms with E-state index in [2.05, 4.69) is 23.2 Å². The molecular formula is C19H24N2O3. The maximum Gasteiger partial charge on any atom is 0.163 e. The number of nitrogens with two attached hydrogens (primary N) is 1. The molecule has 1 saturated carbocycles. The molecule has 0 radical (unpaired) electrons. The summed E-state index contributed by atoms with van der Waals surface area (Å²) in [4.78, 5) is 4.39. The summed E-state index contributed by atoms with van der Waals surface area (Å²) < 4.78 is 11.9. The van der Waals surface area contributed by atoms with Crippen LogP contribution in [-0.2, 0) is 15.9 Å². The highest BCUT2D eigenvalue weighted by molar-refractivity contribution is 5.80. The number of hydrogen-bond acceptors (Lipinski definition) is 5. The second-order valence-electron chi connectivity index (χ2n) is 7.43. The maximum absolute atomic E-state index is 10.2. The molecule has 1 saturated heterocycles. The SMILES string of the molecule is CC1(C)O[C@@H]2[C@@H](CCc3ccc4ccc(N)nc4c3)C[C@H](O)[C@@H]2O1. The number of fused-ring (bicyclic) bond motifs is 2. The minimum absolute atomic E-state index is 0.00998. The van der Waals surface area contributed by atoms with Gasteiger partial charge in [-0.1, -0.05) is 12.1 Å². The summed E-state index contributed by atoms with van der Waals surface area (Å²) in [5.41, 5.74) is 7.94. The van der Waals surface area contributed by atoms with Gasteiger partial charge in [0.05, 0.1) is 17.7 Å². The van der Waals surface area contributed by atoms with Crippen LogP contribution in [0.25, 0.3) is 10.9 Å². The third kappa shape index (κ3) is 2.88. The van der Waals surface area contributed by atoms with Crippen LogP contribution in [0.1, 0.15) is 32.3 Å². The highest BCUT2D eigenvalue weighted by atomic mass is 16.8. The van der Waals surface area contributed by atoms with Crippen LogP contribution in [0, 0.1) is 5.92 Å². The molecule has 2 fully saturated rings. The molecule has 0 bridgehead atoms. The molecule has 0 spiro atoms. The van der Waals surface area contributed by atoms with Crippen LogP contribution in [-0.4, -0.2) is 34.2 Å². The number of aryl methyl sites for hydroxylation is 1. The minimum atomic E-state index is -0.598. The van der Waals surface area contributed by atoms with E-state index in [-0.39, 0.29) is 12.2 Å². The lowest BCUT2D eigenvalue weighted by Gasteiger charge is -2.22. The fourth-order valence-corrected chi connectivity index (χ4v) is 4.03. The Bertz CT molecular complexity index is 761. The summed E-state index contributed by atoms with van der Waals surface area (Å²) in [6.07, 6.45) is 2.00. The van der Waals surface area contributed by atoms with E-state index in [9.17, 15) is 5.11 Å². The van der Waals surface area contributed by atoms with Gasteiger partial charge in [-0.15, -0.1) is 0 Å². The first kappa shape index (κ1) is 15.8. The smallest absolute Gasteiger partial charge is 0.163 e. The van der Waals surface area contributed by atoms with Crippen molar-refractivity contribution < 1.29 is 14.6 Å². The first-order valence-corrected chi connectivity index (χ1v) is 8.60. The summed E-state index contributed by atoms with van der Waals surface area (Å²) in [7, 11) is 0. The molecule has 4 atom stereocenters. The number of nitrogen functional groups attached to an aromatic ring is 1. The Morgan fingerprint density at radius 1 is 1.21 bits per heavy atom. The van der Waals surface area contributed by atoms with Gasteiger partial charge < -0.3 is 20.3 Å². The number of aromatic nitrogens is 1. The van der Waals surface area contributed by atoms with Gasteiger partial charge in [-0.2, -0.15) is 0 Å². The summed E-state index contributed by atoms with van der Waals surface area (Å²) in [5, 5.41) is 11.3. The molecule has 1 aliphatic carbocycles. The third-order valence-corrected chi connectivity index (χ3v) is 5.13. The molecule has 3 N–H and O–H groups in total. The van der Waals surface area contributed by atoms with Crippen molar-refractivity contribution in [2.45, 2.75) is 57.2 Å². The predicted molar refractivity (Wildman–Crippen MR) is 92.4 cm³/mol. The summed E-state index contributed by atoms with van der Waals surface area (Å²) in [6.45, 7) is 3.82.